The lowest BCUT2D eigenvalue weighted by Crippen LogP contribution is -1.96. The summed E-state index contributed by atoms with van der Waals surface area (Å²) in [7, 11) is 0. The third-order valence-electron chi connectivity index (χ3n) is 3.69. The Morgan fingerprint density at radius 3 is 2.67 bits per heavy atom. The first kappa shape index (κ1) is 12.4. The van der Waals surface area contributed by atoms with Crippen molar-refractivity contribution < 1.29 is 0 Å². The van der Waals surface area contributed by atoms with Gasteiger partial charge in [0.1, 0.15) is 0 Å². The van der Waals surface area contributed by atoms with Crippen LogP contribution in [0, 0.1) is 0 Å². The van der Waals surface area contributed by atoms with Crippen molar-refractivity contribution in [1.29, 1.82) is 0 Å². The van der Waals surface area contributed by atoms with Crippen LogP contribution in [0.3, 0.4) is 0 Å². The molecule has 0 saturated heterocycles. The van der Waals surface area contributed by atoms with E-state index in [1.54, 1.807) is 17.5 Å². The first-order valence-corrected chi connectivity index (χ1v) is 7.80. The van der Waals surface area contributed by atoms with Crippen LogP contribution in [0.4, 0.5) is 0 Å². The Bertz CT molecular complexity index is 857. The first-order valence-electron chi connectivity index (χ1n) is 6.92. The standard InChI is InChI=1S/C18H14N2S/c1-2-16(12-19-9-1)15-5-3-14(4-6-15)13-20-10-7-18-17(20)8-11-21-18/h1-12H,13H2. The highest BCUT2D eigenvalue weighted by molar-refractivity contribution is 7.17. The Morgan fingerprint density at radius 1 is 0.952 bits per heavy atom. The van der Waals surface area contributed by atoms with Crippen LogP contribution in [0.15, 0.2) is 72.5 Å². The van der Waals surface area contributed by atoms with Crippen LogP contribution >= 0.6 is 11.3 Å². The van der Waals surface area contributed by atoms with Gasteiger partial charge in [-0.15, -0.1) is 11.3 Å². The highest BCUT2D eigenvalue weighted by Gasteiger charge is 2.03. The minimum Gasteiger partial charge on any atom is -0.342 e. The van der Waals surface area contributed by atoms with Gasteiger partial charge < -0.3 is 4.57 Å². The molecule has 3 heterocycles. The number of rotatable bonds is 3. The Balaban J connectivity index is 1.61. The van der Waals surface area contributed by atoms with Crippen LogP contribution in [0.1, 0.15) is 5.56 Å². The van der Waals surface area contributed by atoms with Gasteiger partial charge in [-0.3, -0.25) is 4.98 Å². The van der Waals surface area contributed by atoms with Crippen LogP contribution in [0.5, 0.6) is 0 Å². The topological polar surface area (TPSA) is 17.8 Å². The molecule has 0 unspecified atom stereocenters. The largest absolute Gasteiger partial charge is 0.342 e. The third kappa shape index (κ3) is 2.36. The summed E-state index contributed by atoms with van der Waals surface area (Å²) in [6, 6.07) is 17.1. The second kappa shape index (κ2) is 5.19. The van der Waals surface area contributed by atoms with Crippen LogP contribution in [-0.2, 0) is 6.54 Å². The Kier molecular flexibility index (Phi) is 3.05. The van der Waals surface area contributed by atoms with Crippen LogP contribution < -0.4 is 0 Å². The van der Waals surface area contributed by atoms with E-state index in [2.05, 4.69) is 63.6 Å². The molecule has 21 heavy (non-hydrogen) atoms. The van der Waals surface area contributed by atoms with Crippen molar-refractivity contribution >= 4 is 21.6 Å². The van der Waals surface area contributed by atoms with Crippen molar-refractivity contribution in [2.24, 2.45) is 0 Å². The quantitative estimate of drug-likeness (QED) is 0.529. The second-order valence-corrected chi connectivity index (χ2v) is 6.00. The molecular weight excluding hydrogens is 276 g/mol. The molecule has 4 aromatic rings. The first-order chi connectivity index (χ1) is 10.4. The van der Waals surface area contributed by atoms with E-state index >= 15 is 0 Å². The number of fused-ring (bicyclic) bond motifs is 1. The molecule has 0 spiro atoms. The van der Waals surface area contributed by atoms with Gasteiger partial charge in [0, 0.05) is 25.1 Å². The molecular formula is C18H14N2S. The third-order valence-corrected chi connectivity index (χ3v) is 4.56. The Labute approximate surface area is 127 Å². The zero-order valence-electron chi connectivity index (χ0n) is 11.4. The van der Waals surface area contributed by atoms with E-state index in [0.29, 0.717) is 0 Å². The predicted molar refractivity (Wildman–Crippen MR) is 88.6 cm³/mol. The molecule has 0 atom stereocenters. The molecule has 0 aliphatic rings. The minimum absolute atomic E-state index is 0.910. The number of benzene rings is 1. The van der Waals surface area contributed by atoms with Gasteiger partial charge in [-0.05, 0) is 40.3 Å². The van der Waals surface area contributed by atoms with Crippen molar-refractivity contribution in [2.45, 2.75) is 6.54 Å². The monoisotopic (exact) mass is 290 g/mol. The molecule has 0 N–H and O–H groups in total. The van der Waals surface area contributed by atoms with E-state index in [1.165, 1.54) is 21.3 Å². The number of hydrogen-bond donors (Lipinski definition) is 0. The van der Waals surface area contributed by atoms with Gasteiger partial charge in [0.05, 0.1) is 10.2 Å². The zero-order chi connectivity index (χ0) is 14.1. The molecule has 4 rings (SSSR count). The number of nitrogens with zero attached hydrogens (tertiary/aromatic N) is 2. The molecule has 1 aromatic carbocycles. The van der Waals surface area contributed by atoms with Gasteiger partial charge in [-0.25, -0.2) is 0 Å². The summed E-state index contributed by atoms with van der Waals surface area (Å²) >= 11 is 1.79. The Morgan fingerprint density at radius 2 is 1.86 bits per heavy atom. The molecule has 102 valence electrons. The van der Waals surface area contributed by atoms with E-state index in [1.807, 2.05) is 12.3 Å². The second-order valence-electron chi connectivity index (χ2n) is 5.05. The maximum absolute atomic E-state index is 4.17. The average molecular weight is 290 g/mol. The molecule has 0 fully saturated rings. The van der Waals surface area contributed by atoms with Gasteiger partial charge >= 0.3 is 0 Å². The molecule has 0 aliphatic heterocycles. The fourth-order valence-corrected chi connectivity index (χ4v) is 3.37. The highest BCUT2D eigenvalue weighted by Crippen LogP contribution is 2.23. The summed E-state index contributed by atoms with van der Waals surface area (Å²) in [6.45, 7) is 0.910. The number of hydrogen-bond acceptors (Lipinski definition) is 2. The van der Waals surface area contributed by atoms with Crippen molar-refractivity contribution in [3.05, 3.63) is 78.1 Å². The SMILES string of the molecule is c1cncc(-c2ccc(Cn3ccc4sccc43)cc2)c1. The van der Waals surface area contributed by atoms with E-state index in [-0.39, 0.29) is 0 Å². The van der Waals surface area contributed by atoms with Crippen LogP contribution in [-0.4, -0.2) is 9.55 Å². The molecule has 0 bridgehead atoms. The Hall–Kier alpha value is -2.39. The zero-order valence-corrected chi connectivity index (χ0v) is 12.3. The summed E-state index contributed by atoms with van der Waals surface area (Å²) in [6.07, 6.45) is 5.86. The van der Waals surface area contributed by atoms with E-state index < -0.39 is 0 Å². The normalized spacial score (nSPS) is 11.0. The number of aromatic nitrogens is 2. The summed E-state index contributed by atoms with van der Waals surface area (Å²) in [5, 5.41) is 2.15. The predicted octanol–water partition coefficient (Wildman–Crippen LogP) is 4.81. The lowest BCUT2D eigenvalue weighted by Gasteiger charge is -2.06. The molecule has 0 aliphatic carbocycles. The van der Waals surface area contributed by atoms with Crippen molar-refractivity contribution in [3.63, 3.8) is 0 Å². The van der Waals surface area contributed by atoms with E-state index in [9.17, 15) is 0 Å². The fourth-order valence-electron chi connectivity index (χ4n) is 2.58. The molecule has 0 saturated carbocycles. The number of thiophene rings is 1. The fraction of sp³-hybridized carbons (Fsp3) is 0.0556. The molecule has 3 heteroatoms. The summed E-state index contributed by atoms with van der Waals surface area (Å²) < 4.78 is 3.65. The van der Waals surface area contributed by atoms with Gasteiger partial charge in [0.15, 0.2) is 0 Å². The summed E-state index contributed by atoms with van der Waals surface area (Å²) in [5.41, 5.74) is 4.99. The van der Waals surface area contributed by atoms with Gasteiger partial charge in [-0.1, -0.05) is 30.3 Å². The van der Waals surface area contributed by atoms with Gasteiger partial charge in [0.2, 0.25) is 0 Å². The smallest absolute Gasteiger partial charge is 0.0592 e. The average Bonchev–Trinajstić information content (AvgIpc) is 3.14. The summed E-state index contributed by atoms with van der Waals surface area (Å²) in [5.74, 6) is 0. The van der Waals surface area contributed by atoms with Gasteiger partial charge in [-0.2, -0.15) is 0 Å². The maximum Gasteiger partial charge on any atom is 0.0592 e. The van der Waals surface area contributed by atoms with Crippen molar-refractivity contribution in [3.8, 4) is 11.1 Å². The van der Waals surface area contributed by atoms with Crippen LogP contribution in [0.2, 0.25) is 0 Å². The van der Waals surface area contributed by atoms with Crippen LogP contribution in [0.25, 0.3) is 21.3 Å². The lowest BCUT2D eigenvalue weighted by molar-refractivity contribution is 0.837. The molecule has 0 radical (unpaired) electrons. The maximum atomic E-state index is 4.17. The molecule has 0 amide bonds. The van der Waals surface area contributed by atoms with Crippen molar-refractivity contribution in [2.75, 3.05) is 0 Å². The molecule has 2 nitrogen and oxygen atoms in total. The lowest BCUT2D eigenvalue weighted by atomic mass is 10.1. The van der Waals surface area contributed by atoms with Crippen molar-refractivity contribution in [1.82, 2.24) is 9.55 Å². The van der Waals surface area contributed by atoms with E-state index in [4.69, 9.17) is 0 Å². The number of pyridine rings is 1. The minimum atomic E-state index is 0.910. The molecule has 3 aromatic heterocycles. The van der Waals surface area contributed by atoms with Gasteiger partial charge in [0.25, 0.3) is 0 Å². The summed E-state index contributed by atoms with van der Waals surface area (Å²) in [4.78, 5) is 4.17. The van der Waals surface area contributed by atoms with E-state index in [0.717, 1.165) is 12.1 Å². The highest BCUT2D eigenvalue weighted by atomic mass is 32.1.